The Kier molecular flexibility index (Phi) is 6.74. The molecule has 0 fully saturated rings. The molecule has 5 nitrogen and oxygen atoms in total. The molecule has 29 heavy (non-hydrogen) atoms. The molecule has 0 aliphatic carbocycles. The Labute approximate surface area is 169 Å². The molecule has 3 rings (SSSR count). The molecule has 1 atom stereocenters. The molecule has 1 amide bonds. The molecule has 3 aromatic rings. The molecular weight excluding hydrogens is 391 g/mol. The summed E-state index contributed by atoms with van der Waals surface area (Å²) in [5, 5.41) is 2.75. The van der Waals surface area contributed by atoms with Crippen molar-refractivity contribution >= 4 is 15.9 Å². The maximum Gasteiger partial charge on any atom is 0.244 e. The van der Waals surface area contributed by atoms with Gasteiger partial charge in [-0.1, -0.05) is 72.8 Å². The number of sulfonamides is 1. The van der Waals surface area contributed by atoms with Gasteiger partial charge < -0.3 is 5.32 Å². The van der Waals surface area contributed by atoms with E-state index in [2.05, 4.69) is 10.0 Å². The smallest absolute Gasteiger partial charge is 0.244 e. The Morgan fingerprint density at radius 1 is 0.828 bits per heavy atom. The second kappa shape index (κ2) is 9.45. The zero-order chi connectivity index (χ0) is 20.7. The molecule has 150 valence electrons. The predicted octanol–water partition coefficient (Wildman–Crippen LogP) is 3.03. The molecule has 0 aliphatic rings. The van der Waals surface area contributed by atoms with Gasteiger partial charge in [0, 0.05) is 6.54 Å². The number of hydrogen-bond donors (Lipinski definition) is 2. The molecule has 3 aromatic carbocycles. The van der Waals surface area contributed by atoms with Gasteiger partial charge in [0.2, 0.25) is 15.9 Å². The number of hydrogen-bond acceptors (Lipinski definition) is 3. The number of carbonyl (C=O) groups is 1. The summed E-state index contributed by atoms with van der Waals surface area (Å²) in [4.78, 5) is 12.3. The first-order chi connectivity index (χ1) is 14.0. The van der Waals surface area contributed by atoms with Crippen LogP contribution >= 0.6 is 0 Å². The molecule has 0 heterocycles. The molecule has 7 heteroatoms. The molecule has 0 aliphatic heterocycles. The van der Waals surface area contributed by atoms with Crippen LogP contribution in [-0.2, 0) is 27.8 Å². The standard InChI is InChI=1S/C22H21FN2O3S/c23-19-13-7-8-14-21(19)29(27,28)25-20(15-17-9-3-1-4-10-17)22(26)24-16-18-11-5-2-6-12-18/h1-14,20,25H,15-16H2,(H,24,26)/t20-/m0/s1. The van der Waals surface area contributed by atoms with Crippen LogP contribution in [0.4, 0.5) is 4.39 Å². The van der Waals surface area contributed by atoms with Crippen LogP contribution in [0.2, 0.25) is 0 Å². The van der Waals surface area contributed by atoms with Gasteiger partial charge in [-0.3, -0.25) is 4.79 Å². The van der Waals surface area contributed by atoms with Crippen LogP contribution in [0.3, 0.4) is 0 Å². The van der Waals surface area contributed by atoms with Crippen LogP contribution in [0.15, 0.2) is 89.8 Å². The van der Waals surface area contributed by atoms with Gasteiger partial charge in [0.1, 0.15) is 16.8 Å². The molecule has 0 radical (unpaired) electrons. The Hall–Kier alpha value is -3.03. The van der Waals surface area contributed by atoms with Crippen molar-refractivity contribution in [2.45, 2.75) is 23.9 Å². The van der Waals surface area contributed by atoms with E-state index >= 15 is 0 Å². The van der Waals surface area contributed by atoms with Crippen LogP contribution < -0.4 is 10.0 Å². The first-order valence-electron chi connectivity index (χ1n) is 9.08. The average molecular weight is 412 g/mol. The third-order valence-electron chi connectivity index (χ3n) is 4.33. The molecule has 0 aromatic heterocycles. The number of rotatable bonds is 8. The average Bonchev–Trinajstić information content (AvgIpc) is 2.73. The molecule has 0 saturated heterocycles. The van der Waals surface area contributed by atoms with Crippen molar-refractivity contribution in [2.24, 2.45) is 0 Å². The summed E-state index contributed by atoms with van der Waals surface area (Å²) in [7, 11) is -4.22. The fourth-order valence-corrected chi connectivity index (χ4v) is 4.13. The normalized spacial score (nSPS) is 12.3. The van der Waals surface area contributed by atoms with Gasteiger partial charge in [0.15, 0.2) is 0 Å². The Balaban J connectivity index is 1.80. The number of halogens is 1. The zero-order valence-electron chi connectivity index (χ0n) is 15.6. The van der Waals surface area contributed by atoms with Crippen LogP contribution in [0, 0.1) is 5.82 Å². The summed E-state index contributed by atoms with van der Waals surface area (Å²) >= 11 is 0. The molecule has 0 saturated carbocycles. The molecule has 2 N–H and O–H groups in total. The Morgan fingerprint density at radius 3 is 2.00 bits per heavy atom. The number of nitrogens with one attached hydrogen (secondary N) is 2. The second-order valence-electron chi connectivity index (χ2n) is 6.50. The van der Waals surface area contributed by atoms with Gasteiger partial charge in [-0.15, -0.1) is 0 Å². The fraction of sp³-hybridized carbons (Fsp3) is 0.136. The first-order valence-corrected chi connectivity index (χ1v) is 10.6. The minimum absolute atomic E-state index is 0.134. The third-order valence-corrected chi connectivity index (χ3v) is 5.84. The van der Waals surface area contributed by atoms with Crippen LogP contribution in [0.5, 0.6) is 0 Å². The van der Waals surface area contributed by atoms with E-state index in [0.717, 1.165) is 17.2 Å². The van der Waals surface area contributed by atoms with Gasteiger partial charge in [0.25, 0.3) is 0 Å². The van der Waals surface area contributed by atoms with Crippen molar-refractivity contribution in [3.63, 3.8) is 0 Å². The fourth-order valence-electron chi connectivity index (χ4n) is 2.86. The molecule has 0 bridgehead atoms. The summed E-state index contributed by atoms with van der Waals surface area (Å²) in [5.74, 6) is -1.36. The highest BCUT2D eigenvalue weighted by atomic mass is 32.2. The van der Waals surface area contributed by atoms with Gasteiger partial charge in [-0.25, -0.2) is 12.8 Å². The molecular formula is C22H21FN2O3S. The highest BCUT2D eigenvalue weighted by Crippen LogP contribution is 2.15. The van der Waals surface area contributed by atoms with Crippen molar-refractivity contribution < 1.29 is 17.6 Å². The summed E-state index contributed by atoms with van der Waals surface area (Å²) in [6.45, 7) is 0.256. The van der Waals surface area contributed by atoms with Crippen LogP contribution in [0.25, 0.3) is 0 Å². The highest BCUT2D eigenvalue weighted by molar-refractivity contribution is 7.89. The van der Waals surface area contributed by atoms with Crippen molar-refractivity contribution in [1.82, 2.24) is 10.0 Å². The first kappa shape index (κ1) is 20.7. The van der Waals surface area contributed by atoms with E-state index < -0.39 is 32.7 Å². The molecule has 0 unspecified atom stereocenters. The number of amides is 1. The maximum atomic E-state index is 14.0. The van der Waals surface area contributed by atoms with E-state index in [4.69, 9.17) is 0 Å². The lowest BCUT2D eigenvalue weighted by atomic mass is 10.1. The Bertz CT molecular complexity index is 1060. The van der Waals surface area contributed by atoms with E-state index in [1.165, 1.54) is 18.2 Å². The van der Waals surface area contributed by atoms with Crippen molar-refractivity contribution in [2.75, 3.05) is 0 Å². The van der Waals surface area contributed by atoms with Crippen LogP contribution in [0.1, 0.15) is 11.1 Å². The van der Waals surface area contributed by atoms with Gasteiger partial charge in [-0.05, 0) is 29.7 Å². The minimum atomic E-state index is -4.22. The van der Waals surface area contributed by atoms with Crippen molar-refractivity contribution in [3.8, 4) is 0 Å². The maximum absolute atomic E-state index is 14.0. The van der Waals surface area contributed by atoms with Gasteiger partial charge in [0.05, 0.1) is 0 Å². The number of carbonyl (C=O) groups excluding carboxylic acids is 1. The third kappa shape index (κ3) is 5.73. The van der Waals surface area contributed by atoms with Crippen LogP contribution in [-0.4, -0.2) is 20.4 Å². The largest absolute Gasteiger partial charge is 0.351 e. The monoisotopic (exact) mass is 412 g/mol. The summed E-state index contributed by atoms with van der Waals surface area (Å²) in [5.41, 5.74) is 1.67. The lowest BCUT2D eigenvalue weighted by Gasteiger charge is -2.19. The number of benzene rings is 3. The zero-order valence-corrected chi connectivity index (χ0v) is 16.4. The lowest BCUT2D eigenvalue weighted by Crippen LogP contribution is -2.47. The van der Waals surface area contributed by atoms with Gasteiger partial charge >= 0.3 is 0 Å². The van der Waals surface area contributed by atoms with Gasteiger partial charge in [-0.2, -0.15) is 4.72 Å². The van der Waals surface area contributed by atoms with Crippen molar-refractivity contribution in [1.29, 1.82) is 0 Å². The SMILES string of the molecule is O=C(NCc1ccccc1)[C@H](Cc1ccccc1)NS(=O)(=O)c1ccccc1F. The van der Waals surface area contributed by atoms with E-state index in [9.17, 15) is 17.6 Å². The van der Waals surface area contributed by atoms with E-state index in [1.807, 2.05) is 36.4 Å². The predicted molar refractivity (Wildman–Crippen MR) is 109 cm³/mol. The second-order valence-corrected chi connectivity index (χ2v) is 8.18. The lowest BCUT2D eigenvalue weighted by molar-refractivity contribution is -0.122. The van der Waals surface area contributed by atoms with E-state index in [0.29, 0.717) is 0 Å². The minimum Gasteiger partial charge on any atom is -0.351 e. The quantitative estimate of drug-likeness (QED) is 0.597. The summed E-state index contributed by atoms with van der Waals surface area (Å²) in [6.07, 6.45) is 0.134. The Morgan fingerprint density at radius 2 is 1.38 bits per heavy atom. The summed E-state index contributed by atoms with van der Waals surface area (Å²) < 4.78 is 41.8. The van der Waals surface area contributed by atoms with E-state index in [-0.39, 0.29) is 13.0 Å². The molecule has 0 spiro atoms. The van der Waals surface area contributed by atoms with Crippen molar-refractivity contribution in [3.05, 3.63) is 102 Å². The summed E-state index contributed by atoms with van der Waals surface area (Å²) in [6, 6.07) is 22.3. The van der Waals surface area contributed by atoms with E-state index in [1.54, 1.807) is 24.3 Å². The highest BCUT2D eigenvalue weighted by Gasteiger charge is 2.27. The topological polar surface area (TPSA) is 75.3 Å².